The topological polar surface area (TPSA) is 74.3 Å². The van der Waals surface area contributed by atoms with Crippen LogP contribution in [-0.4, -0.2) is 43.0 Å². The van der Waals surface area contributed by atoms with E-state index in [0.717, 1.165) is 44.3 Å². The second kappa shape index (κ2) is 10.4. The van der Waals surface area contributed by atoms with E-state index in [1.807, 2.05) is 6.07 Å². The summed E-state index contributed by atoms with van der Waals surface area (Å²) in [6, 6.07) is 1.93. The molecule has 0 bridgehead atoms. The van der Waals surface area contributed by atoms with Gasteiger partial charge in [0, 0.05) is 33.0 Å². The van der Waals surface area contributed by atoms with Crippen molar-refractivity contribution >= 4 is 5.96 Å². The summed E-state index contributed by atoms with van der Waals surface area (Å²) in [4.78, 5) is 4.15. The van der Waals surface area contributed by atoms with E-state index in [-0.39, 0.29) is 0 Å². The van der Waals surface area contributed by atoms with E-state index in [0.29, 0.717) is 6.54 Å². The highest BCUT2D eigenvalue weighted by molar-refractivity contribution is 5.79. The van der Waals surface area contributed by atoms with Crippen LogP contribution in [0, 0.1) is 0 Å². The fourth-order valence-electron chi connectivity index (χ4n) is 1.51. The first-order valence-electron chi connectivity index (χ1n) is 6.87. The largest absolute Gasteiger partial charge is 0.381 e. The minimum Gasteiger partial charge on any atom is -0.381 e. The summed E-state index contributed by atoms with van der Waals surface area (Å²) in [5.74, 6) is 0.795. The van der Waals surface area contributed by atoms with Crippen LogP contribution >= 0.6 is 0 Å². The maximum absolute atomic E-state index is 5.49. The standard InChI is InChI=1S/C13H25N5O/c1-3-4-9-19-10-5-7-15-13(14-2)16-11-12-6-8-17-18-12/h6,8H,3-5,7,9-11H2,1-2H3,(H,17,18)(H2,14,15,16). The number of ether oxygens (including phenoxy) is 1. The van der Waals surface area contributed by atoms with Crippen LogP contribution in [0.1, 0.15) is 31.9 Å². The van der Waals surface area contributed by atoms with Crippen molar-refractivity contribution in [3.63, 3.8) is 0 Å². The molecule has 1 aromatic heterocycles. The van der Waals surface area contributed by atoms with Crippen LogP contribution in [0.4, 0.5) is 0 Å². The smallest absolute Gasteiger partial charge is 0.191 e. The zero-order valence-corrected chi connectivity index (χ0v) is 11.9. The number of guanidine groups is 1. The van der Waals surface area contributed by atoms with Crippen molar-refractivity contribution in [2.24, 2.45) is 4.99 Å². The van der Waals surface area contributed by atoms with Gasteiger partial charge in [-0.15, -0.1) is 0 Å². The lowest BCUT2D eigenvalue weighted by molar-refractivity contribution is 0.129. The minimum absolute atomic E-state index is 0.687. The third-order valence-electron chi connectivity index (χ3n) is 2.63. The molecule has 0 atom stereocenters. The summed E-state index contributed by atoms with van der Waals surface area (Å²) in [6.07, 6.45) is 5.04. The van der Waals surface area contributed by atoms with E-state index in [2.05, 4.69) is 32.7 Å². The van der Waals surface area contributed by atoms with Crippen molar-refractivity contribution in [3.8, 4) is 0 Å². The van der Waals surface area contributed by atoms with Gasteiger partial charge in [0.05, 0.1) is 12.2 Å². The molecule has 0 aliphatic rings. The number of nitrogens with zero attached hydrogens (tertiary/aromatic N) is 2. The number of aromatic nitrogens is 2. The third kappa shape index (κ3) is 7.46. The summed E-state index contributed by atoms with van der Waals surface area (Å²) in [5, 5.41) is 13.2. The Bertz CT molecular complexity index is 337. The van der Waals surface area contributed by atoms with E-state index in [9.17, 15) is 0 Å². The molecule has 0 amide bonds. The molecule has 19 heavy (non-hydrogen) atoms. The van der Waals surface area contributed by atoms with Gasteiger partial charge in [-0.3, -0.25) is 10.1 Å². The molecule has 1 rings (SSSR count). The maximum atomic E-state index is 5.49. The molecule has 6 heteroatoms. The van der Waals surface area contributed by atoms with Crippen LogP contribution in [0.5, 0.6) is 0 Å². The predicted molar refractivity (Wildman–Crippen MR) is 77.1 cm³/mol. The molecule has 0 radical (unpaired) electrons. The Labute approximate surface area is 115 Å². The van der Waals surface area contributed by atoms with Gasteiger partial charge >= 0.3 is 0 Å². The molecule has 0 aliphatic carbocycles. The Morgan fingerprint density at radius 1 is 1.37 bits per heavy atom. The molecule has 1 heterocycles. The van der Waals surface area contributed by atoms with Gasteiger partial charge in [0.15, 0.2) is 5.96 Å². The summed E-state index contributed by atoms with van der Waals surface area (Å²) in [5.41, 5.74) is 1.03. The van der Waals surface area contributed by atoms with Crippen molar-refractivity contribution < 1.29 is 4.74 Å². The summed E-state index contributed by atoms with van der Waals surface area (Å²) >= 11 is 0. The molecule has 0 unspecified atom stereocenters. The predicted octanol–water partition coefficient (Wildman–Crippen LogP) is 1.28. The van der Waals surface area contributed by atoms with Crippen molar-refractivity contribution in [2.45, 2.75) is 32.7 Å². The number of hydrogen-bond donors (Lipinski definition) is 3. The Balaban J connectivity index is 2.02. The first kappa shape index (κ1) is 15.5. The zero-order chi connectivity index (χ0) is 13.8. The van der Waals surface area contributed by atoms with Crippen molar-refractivity contribution in [1.29, 1.82) is 0 Å². The van der Waals surface area contributed by atoms with Crippen molar-refractivity contribution in [2.75, 3.05) is 26.8 Å². The number of hydrogen-bond acceptors (Lipinski definition) is 3. The SMILES string of the molecule is CCCCOCCCNC(=NC)NCc1ccn[nH]1. The molecule has 3 N–H and O–H groups in total. The van der Waals surface area contributed by atoms with Crippen LogP contribution in [-0.2, 0) is 11.3 Å². The summed E-state index contributed by atoms with van der Waals surface area (Å²) < 4.78 is 5.49. The lowest BCUT2D eigenvalue weighted by atomic mass is 10.4. The quantitative estimate of drug-likeness (QED) is 0.358. The second-order valence-corrected chi connectivity index (χ2v) is 4.25. The van der Waals surface area contributed by atoms with Gasteiger partial charge in [-0.2, -0.15) is 5.10 Å². The third-order valence-corrected chi connectivity index (χ3v) is 2.63. The molecule has 0 fully saturated rings. The lowest BCUT2D eigenvalue weighted by Gasteiger charge is -2.11. The fourth-order valence-corrected chi connectivity index (χ4v) is 1.51. The average molecular weight is 267 g/mol. The van der Waals surface area contributed by atoms with Gasteiger partial charge in [0.2, 0.25) is 0 Å². The maximum Gasteiger partial charge on any atom is 0.191 e. The number of nitrogens with one attached hydrogen (secondary N) is 3. The van der Waals surface area contributed by atoms with E-state index in [1.54, 1.807) is 13.2 Å². The zero-order valence-electron chi connectivity index (χ0n) is 11.9. The van der Waals surface area contributed by atoms with Gasteiger partial charge < -0.3 is 15.4 Å². The van der Waals surface area contributed by atoms with Crippen LogP contribution in [0.2, 0.25) is 0 Å². The van der Waals surface area contributed by atoms with Gasteiger partial charge in [0.25, 0.3) is 0 Å². The first-order chi connectivity index (χ1) is 9.36. The number of aromatic amines is 1. The van der Waals surface area contributed by atoms with E-state index >= 15 is 0 Å². The molecule has 0 aliphatic heterocycles. The normalized spacial score (nSPS) is 11.6. The highest BCUT2D eigenvalue weighted by Gasteiger charge is 1.98. The van der Waals surface area contributed by atoms with Crippen molar-refractivity contribution in [3.05, 3.63) is 18.0 Å². The van der Waals surface area contributed by atoms with Gasteiger partial charge in [-0.25, -0.2) is 0 Å². The molecule has 6 nitrogen and oxygen atoms in total. The Morgan fingerprint density at radius 3 is 2.89 bits per heavy atom. The van der Waals surface area contributed by atoms with E-state index < -0.39 is 0 Å². The second-order valence-electron chi connectivity index (χ2n) is 4.25. The average Bonchev–Trinajstić information content (AvgIpc) is 2.94. The van der Waals surface area contributed by atoms with Gasteiger partial charge in [0.1, 0.15) is 0 Å². The van der Waals surface area contributed by atoms with E-state index in [1.165, 1.54) is 6.42 Å². The minimum atomic E-state index is 0.687. The summed E-state index contributed by atoms with van der Waals surface area (Å²) in [7, 11) is 1.76. The van der Waals surface area contributed by atoms with Crippen LogP contribution in [0.15, 0.2) is 17.3 Å². The molecular formula is C13H25N5O. The molecule has 108 valence electrons. The fraction of sp³-hybridized carbons (Fsp3) is 0.692. The van der Waals surface area contributed by atoms with Gasteiger partial charge in [-0.1, -0.05) is 13.3 Å². The molecule has 0 spiro atoms. The summed E-state index contributed by atoms with van der Waals surface area (Å²) in [6.45, 7) is 5.37. The van der Waals surface area contributed by atoms with Crippen LogP contribution in [0.25, 0.3) is 0 Å². The molecule has 1 aromatic rings. The number of H-pyrrole nitrogens is 1. The monoisotopic (exact) mass is 267 g/mol. The van der Waals surface area contributed by atoms with Crippen molar-refractivity contribution in [1.82, 2.24) is 20.8 Å². The number of rotatable bonds is 9. The number of aliphatic imine (C=N–C) groups is 1. The van der Waals surface area contributed by atoms with Crippen LogP contribution < -0.4 is 10.6 Å². The molecule has 0 aromatic carbocycles. The number of unbranched alkanes of at least 4 members (excludes halogenated alkanes) is 1. The highest BCUT2D eigenvalue weighted by Crippen LogP contribution is 1.90. The highest BCUT2D eigenvalue weighted by atomic mass is 16.5. The first-order valence-corrected chi connectivity index (χ1v) is 6.87. The molecule has 0 saturated heterocycles. The Hall–Kier alpha value is -1.56. The van der Waals surface area contributed by atoms with Gasteiger partial charge in [-0.05, 0) is 18.9 Å². The van der Waals surface area contributed by atoms with E-state index in [4.69, 9.17) is 4.74 Å². The Kier molecular flexibility index (Phi) is 8.46. The lowest BCUT2D eigenvalue weighted by Crippen LogP contribution is -2.37. The molecule has 0 saturated carbocycles. The Morgan fingerprint density at radius 2 is 2.21 bits per heavy atom. The van der Waals surface area contributed by atoms with Crippen LogP contribution in [0.3, 0.4) is 0 Å². The molecular weight excluding hydrogens is 242 g/mol.